The molecule has 0 amide bonds. The van der Waals surface area contributed by atoms with Gasteiger partial charge in [0.25, 0.3) is 0 Å². The molecule has 2 rings (SSSR count). The first kappa shape index (κ1) is 11.3. The van der Waals surface area contributed by atoms with Gasteiger partial charge in [-0.2, -0.15) is 0 Å². The number of rotatable bonds is 3. The van der Waals surface area contributed by atoms with Crippen LogP contribution >= 0.6 is 22.9 Å². The molecule has 0 fully saturated rings. The SMILES string of the molecule is CC(=O)c1ccc(Cc2nccs2)cc1Cl. The summed E-state index contributed by atoms with van der Waals surface area (Å²) in [6.45, 7) is 1.52. The summed E-state index contributed by atoms with van der Waals surface area (Å²) in [6.07, 6.45) is 2.54. The van der Waals surface area contributed by atoms with Crippen molar-refractivity contribution in [1.29, 1.82) is 0 Å². The molecule has 0 aliphatic carbocycles. The van der Waals surface area contributed by atoms with E-state index in [9.17, 15) is 4.79 Å². The topological polar surface area (TPSA) is 30.0 Å². The molecule has 0 atom stereocenters. The molecule has 2 nitrogen and oxygen atoms in total. The molecule has 0 aliphatic heterocycles. The van der Waals surface area contributed by atoms with Crippen molar-refractivity contribution in [2.45, 2.75) is 13.3 Å². The van der Waals surface area contributed by atoms with Crippen LogP contribution in [0.4, 0.5) is 0 Å². The lowest BCUT2D eigenvalue weighted by Gasteiger charge is -2.03. The quantitative estimate of drug-likeness (QED) is 0.781. The largest absolute Gasteiger partial charge is 0.294 e. The van der Waals surface area contributed by atoms with E-state index in [0.29, 0.717) is 10.6 Å². The molecule has 0 saturated heterocycles. The molecule has 0 aliphatic rings. The van der Waals surface area contributed by atoms with Gasteiger partial charge in [0.05, 0.1) is 10.0 Å². The third kappa shape index (κ3) is 2.49. The molecule has 1 aromatic carbocycles. The van der Waals surface area contributed by atoms with E-state index in [4.69, 9.17) is 11.6 Å². The van der Waals surface area contributed by atoms with Crippen molar-refractivity contribution >= 4 is 28.7 Å². The van der Waals surface area contributed by atoms with E-state index >= 15 is 0 Å². The van der Waals surface area contributed by atoms with Crippen LogP contribution in [0.3, 0.4) is 0 Å². The van der Waals surface area contributed by atoms with Crippen LogP contribution in [0.25, 0.3) is 0 Å². The highest BCUT2D eigenvalue weighted by atomic mass is 35.5. The number of carbonyl (C=O) groups is 1. The van der Waals surface area contributed by atoms with Gasteiger partial charge in [-0.15, -0.1) is 11.3 Å². The summed E-state index contributed by atoms with van der Waals surface area (Å²) in [6, 6.07) is 5.53. The highest BCUT2D eigenvalue weighted by Crippen LogP contribution is 2.20. The standard InChI is InChI=1S/C12H10ClNOS/c1-8(15)10-3-2-9(6-11(10)13)7-12-14-4-5-16-12/h2-6H,7H2,1H3. The number of nitrogens with zero attached hydrogens (tertiary/aromatic N) is 1. The lowest BCUT2D eigenvalue weighted by atomic mass is 10.1. The van der Waals surface area contributed by atoms with Gasteiger partial charge < -0.3 is 0 Å². The van der Waals surface area contributed by atoms with Gasteiger partial charge in [-0.3, -0.25) is 4.79 Å². The number of halogens is 1. The van der Waals surface area contributed by atoms with E-state index in [1.54, 1.807) is 23.6 Å². The fourth-order valence-corrected chi connectivity index (χ4v) is 2.46. The van der Waals surface area contributed by atoms with Gasteiger partial charge in [0, 0.05) is 23.6 Å². The Morgan fingerprint density at radius 3 is 2.88 bits per heavy atom. The van der Waals surface area contributed by atoms with Crippen LogP contribution < -0.4 is 0 Å². The number of hydrogen-bond donors (Lipinski definition) is 0. The lowest BCUT2D eigenvalue weighted by molar-refractivity contribution is 0.101. The number of thiazole rings is 1. The average molecular weight is 252 g/mol. The van der Waals surface area contributed by atoms with Crippen molar-refractivity contribution in [3.63, 3.8) is 0 Å². The van der Waals surface area contributed by atoms with E-state index in [0.717, 1.165) is 17.0 Å². The van der Waals surface area contributed by atoms with Crippen LogP contribution in [-0.4, -0.2) is 10.8 Å². The lowest BCUT2D eigenvalue weighted by Crippen LogP contribution is -1.95. The number of aromatic nitrogens is 1. The van der Waals surface area contributed by atoms with E-state index in [1.165, 1.54) is 6.92 Å². The Balaban J connectivity index is 2.24. The second kappa shape index (κ2) is 4.76. The molecule has 4 heteroatoms. The van der Waals surface area contributed by atoms with Crippen molar-refractivity contribution in [2.24, 2.45) is 0 Å². The monoisotopic (exact) mass is 251 g/mol. The highest BCUT2D eigenvalue weighted by Gasteiger charge is 2.07. The minimum Gasteiger partial charge on any atom is -0.294 e. The fraction of sp³-hybridized carbons (Fsp3) is 0.167. The summed E-state index contributed by atoms with van der Waals surface area (Å²) in [5.74, 6) is -0.00852. The third-order valence-electron chi connectivity index (χ3n) is 2.25. The molecule has 16 heavy (non-hydrogen) atoms. The Hall–Kier alpha value is -1.19. The fourth-order valence-electron chi connectivity index (χ4n) is 1.47. The van der Waals surface area contributed by atoms with E-state index in [1.807, 2.05) is 17.5 Å². The molecule has 0 saturated carbocycles. The zero-order valence-corrected chi connectivity index (χ0v) is 10.3. The van der Waals surface area contributed by atoms with Crippen LogP contribution in [0.5, 0.6) is 0 Å². The molecule has 0 unspecified atom stereocenters. The van der Waals surface area contributed by atoms with Gasteiger partial charge in [0.2, 0.25) is 0 Å². The molecule has 1 aromatic heterocycles. The molecule has 82 valence electrons. The summed E-state index contributed by atoms with van der Waals surface area (Å²) in [7, 11) is 0. The maximum absolute atomic E-state index is 11.2. The Labute approximate surface area is 103 Å². The van der Waals surface area contributed by atoms with Crippen LogP contribution in [0.1, 0.15) is 27.9 Å². The highest BCUT2D eigenvalue weighted by molar-refractivity contribution is 7.09. The summed E-state index contributed by atoms with van der Waals surface area (Å²) < 4.78 is 0. The molecule has 2 aromatic rings. The minimum atomic E-state index is -0.00852. The van der Waals surface area contributed by atoms with E-state index in [-0.39, 0.29) is 5.78 Å². The maximum Gasteiger partial charge on any atom is 0.161 e. The van der Waals surface area contributed by atoms with Crippen LogP contribution in [-0.2, 0) is 6.42 Å². The zero-order valence-electron chi connectivity index (χ0n) is 8.74. The van der Waals surface area contributed by atoms with Crippen molar-refractivity contribution in [1.82, 2.24) is 4.98 Å². The van der Waals surface area contributed by atoms with Crippen LogP contribution in [0, 0.1) is 0 Å². The summed E-state index contributed by atoms with van der Waals surface area (Å²) in [4.78, 5) is 15.4. The summed E-state index contributed by atoms with van der Waals surface area (Å²) in [5, 5.41) is 3.51. The number of hydrogen-bond acceptors (Lipinski definition) is 3. The Morgan fingerprint density at radius 1 is 1.50 bits per heavy atom. The summed E-state index contributed by atoms with van der Waals surface area (Å²) in [5.41, 5.74) is 1.65. The van der Waals surface area contributed by atoms with Crippen molar-refractivity contribution in [3.8, 4) is 0 Å². The minimum absolute atomic E-state index is 0.00852. The molecular formula is C12H10ClNOS. The van der Waals surface area contributed by atoms with Crippen molar-refractivity contribution in [3.05, 3.63) is 50.9 Å². The smallest absolute Gasteiger partial charge is 0.161 e. The van der Waals surface area contributed by atoms with Gasteiger partial charge >= 0.3 is 0 Å². The Kier molecular flexibility index (Phi) is 3.36. The van der Waals surface area contributed by atoms with Crippen molar-refractivity contribution < 1.29 is 4.79 Å². The molecule has 0 radical (unpaired) electrons. The first-order valence-electron chi connectivity index (χ1n) is 4.84. The molecular weight excluding hydrogens is 242 g/mol. The van der Waals surface area contributed by atoms with Crippen LogP contribution in [0.2, 0.25) is 5.02 Å². The first-order chi connectivity index (χ1) is 7.66. The van der Waals surface area contributed by atoms with Gasteiger partial charge in [-0.05, 0) is 24.6 Å². The predicted octanol–water partition coefficient (Wildman–Crippen LogP) is 3.59. The predicted molar refractivity (Wildman–Crippen MR) is 66.4 cm³/mol. The molecule has 0 N–H and O–H groups in total. The normalized spacial score (nSPS) is 10.4. The average Bonchev–Trinajstić information content (AvgIpc) is 2.70. The number of carbonyl (C=O) groups excluding carboxylic acids is 1. The second-order valence-electron chi connectivity index (χ2n) is 3.47. The van der Waals surface area contributed by atoms with Gasteiger partial charge in [0.15, 0.2) is 5.78 Å². The maximum atomic E-state index is 11.2. The first-order valence-corrected chi connectivity index (χ1v) is 6.10. The number of ketones is 1. The van der Waals surface area contributed by atoms with E-state index < -0.39 is 0 Å². The van der Waals surface area contributed by atoms with Gasteiger partial charge in [-0.1, -0.05) is 17.7 Å². The Morgan fingerprint density at radius 2 is 2.31 bits per heavy atom. The third-order valence-corrected chi connectivity index (χ3v) is 3.34. The summed E-state index contributed by atoms with van der Waals surface area (Å²) >= 11 is 7.64. The van der Waals surface area contributed by atoms with Gasteiger partial charge in [-0.25, -0.2) is 4.98 Å². The van der Waals surface area contributed by atoms with Crippen molar-refractivity contribution in [2.75, 3.05) is 0 Å². The molecule has 0 bridgehead atoms. The second-order valence-corrected chi connectivity index (χ2v) is 4.86. The molecule has 0 spiro atoms. The van der Waals surface area contributed by atoms with E-state index in [2.05, 4.69) is 4.98 Å². The number of benzene rings is 1. The Bertz CT molecular complexity index is 508. The number of Topliss-reactive ketones (excluding diaryl/α,β-unsaturated/α-hetero) is 1. The van der Waals surface area contributed by atoms with Crippen LogP contribution in [0.15, 0.2) is 29.8 Å². The van der Waals surface area contributed by atoms with Gasteiger partial charge in [0.1, 0.15) is 0 Å². The zero-order chi connectivity index (χ0) is 11.5. The molecule has 1 heterocycles.